The minimum atomic E-state index is -3.79. The van der Waals surface area contributed by atoms with E-state index >= 15 is 0 Å². The van der Waals surface area contributed by atoms with E-state index in [1.165, 1.54) is 12.1 Å². The van der Waals surface area contributed by atoms with E-state index < -0.39 is 10.0 Å². The number of fused-ring (bicyclic) bond motifs is 1. The molecule has 0 spiro atoms. The van der Waals surface area contributed by atoms with Crippen LogP contribution < -0.4 is 10.0 Å². The van der Waals surface area contributed by atoms with E-state index in [4.69, 9.17) is 0 Å². The Morgan fingerprint density at radius 2 is 1.76 bits per heavy atom. The van der Waals surface area contributed by atoms with Crippen LogP contribution in [0.2, 0.25) is 0 Å². The normalized spacial score (nSPS) is 15.8. The van der Waals surface area contributed by atoms with Crippen molar-refractivity contribution in [3.8, 4) is 5.69 Å². The summed E-state index contributed by atoms with van der Waals surface area (Å²) in [4.78, 5) is 17.6. The Hall–Kier alpha value is -3.46. The topological polar surface area (TPSA) is 105 Å². The average molecular weight is 478 g/mol. The van der Waals surface area contributed by atoms with Gasteiger partial charge in [0, 0.05) is 29.9 Å². The first-order valence-corrected chi connectivity index (χ1v) is 13.1. The van der Waals surface area contributed by atoms with Crippen LogP contribution in [0.25, 0.3) is 5.69 Å². The van der Waals surface area contributed by atoms with E-state index in [-0.39, 0.29) is 10.8 Å². The SMILES string of the molecule is O=C(Nc1cccc(S(=O)(=O)NC2=NCCCCC2)c1)c1nn(-c2ccccc2)c2c1CCC2. The maximum atomic E-state index is 13.2. The van der Waals surface area contributed by atoms with Crippen molar-refractivity contribution in [3.63, 3.8) is 0 Å². The Labute approximate surface area is 199 Å². The summed E-state index contributed by atoms with van der Waals surface area (Å²) in [5, 5.41) is 7.46. The second-order valence-corrected chi connectivity index (χ2v) is 10.3. The highest BCUT2D eigenvalue weighted by molar-refractivity contribution is 7.90. The number of sulfonamides is 1. The van der Waals surface area contributed by atoms with E-state index in [0.29, 0.717) is 30.2 Å². The number of amidine groups is 1. The lowest BCUT2D eigenvalue weighted by atomic mass is 10.2. The quantitative estimate of drug-likeness (QED) is 0.582. The molecule has 0 radical (unpaired) electrons. The fourth-order valence-electron chi connectivity index (χ4n) is 4.51. The molecule has 9 heteroatoms. The highest BCUT2D eigenvalue weighted by atomic mass is 32.2. The average Bonchev–Trinajstić information content (AvgIpc) is 3.36. The van der Waals surface area contributed by atoms with Gasteiger partial charge in [-0.1, -0.05) is 30.7 Å². The predicted octanol–water partition coefficient (Wildman–Crippen LogP) is 3.86. The summed E-state index contributed by atoms with van der Waals surface area (Å²) in [5.74, 6) is 0.150. The van der Waals surface area contributed by atoms with E-state index in [0.717, 1.165) is 55.5 Å². The van der Waals surface area contributed by atoms with Gasteiger partial charge in [0.05, 0.1) is 10.6 Å². The van der Waals surface area contributed by atoms with Crippen molar-refractivity contribution in [1.82, 2.24) is 14.5 Å². The van der Waals surface area contributed by atoms with Gasteiger partial charge in [0.25, 0.3) is 15.9 Å². The van der Waals surface area contributed by atoms with E-state index in [1.54, 1.807) is 12.1 Å². The summed E-state index contributed by atoms with van der Waals surface area (Å²) in [6.45, 7) is 0.633. The van der Waals surface area contributed by atoms with E-state index in [2.05, 4.69) is 20.1 Å². The lowest BCUT2D eigenvalue weighted by Gasteiger charge is -2.11. The molecule has 8 nitrogen and oxygen atoms in total. The van der Waals surface area contributed by atoms with Crippen molar-refractivity contribution in [1.29, 1.82) is 0 Å². The molecule has 0 unspecified atom stereocenters. The summed E-state index contributed by atoms with van der Waals surface area (Å²) >= 11 is 0. The van der Waals surface area contributed by atoms with Crippen LogP contribution in [0.15, 0.2) is 64.5 Å². The second-order valence-electron chi connectivity index (χ2n) is 8.60. The smallest absolute Gasteiger partial charge is 0.276 e. The van der Waals surface area contributed by atoms with Gasteiger partial charge in [-0.05, 0) is 62.4 Å². The zero-order valence-electron chi connectivity index (χ0n) is 18.8. The zero-order valence-corrected chi connectivity index (χ0v) is 19.6. The van der Waals surface area contributed by atoms with Crippen molar-refractivity contribution in [2.24, 2.45) is 4.99 Å². The number of hydrogen-bond donors (Lipinski definition) is 2. The summed E-state index contributed by atoms with van der Waals surface area (Å²) in [6.07, 6.45) is 6.18. The maximum absolute atomic E-state index is 13.2. The number of nitrogens with one attached hydrogen (secondary N) is 2. The first-order valence-electron chi connectivity index (χ1n) is 11.6. The molecule has 1 aromatic heterocycles. The number of rotatable bonds is 5. The Balaban J connectivity index is 1.37. The van der Waals surface area contributed by atoms with Crippen molar-refractivity contribution in [2.75, 3.05) is 11.9 Å². The van der Waals surface area contributed by atoms with Crippen LogP contribution in [0.3, 0.4) is 0 Å². The lowest BCUT2D eigenvalue weighted by Crippen LogP contribution is -2.30. The molecule has 2 N–H and O–H groups in total. The monoisotopic (exact) mass is 477 g/mol. The summed E-state index contributed by atoms with van der Waals surface area (Å²) in [6, 6.07) is 16.0. The van der Waals surface area contributed by atoms with Crippen LogP contribution in [0.4, 0.5) is 5.69 Å². The molecule has 3 aromatic rings. The molecular weight excluding hydrogens is 450 g/mol. The van der Waals surface area contributed by atoms with E-state index in [1.807, 2.05) is 35.0 Å². The Morgan fingerprint density at radius 3 is 2.62 bits per heavy atom. The van der Waals surface area contributed by atoms with Gasteiger partial charge < -0.3 is 5.32 Å². The van der Waals surface area contributed by atoms with Crippen LogP contribution in [-0.2, 0) is 22.9 Å². The number of aliphatic imine (C=N–C) groups is 1. The number of benzene rings is 2. The third-order valence-corrected chi connectivity index (χ3v) is 7.55. The van der Waals surface area contributed by atoms with Crippen LogP contribution in [0.1, 0.15) is 53.8 Å². The number of carbonyl (C=O) groups excluding carboxylic acids is 1. The molecule has 34 heavy (non-hydrogen) atoms. The highest BCUT2D eigenvalue weighted by Gasteiger charge is 2.27. The number of amides is 1. The predicted molar refractivity (Wildman–Crippen MR) is 131 cm³/mol. The molecule has 0 saturated carbocycles. The van der Waals surface area contributed by atoms with Gasteiger partial charge in [0.1, 0.15) is 5.84 Å². The molecule has 2 aromatic carbocycles. The van der Waals surface area contributed by atoms with Gasteiger partial charge in [-0.15, -0.1) is 0 Å². The molecule has 0 bridgehead atoms. The third-order valence-electron chi connectivity index (χ3n) is 6.17. The van der Waals surface area contributed by atoms with Crippen LogP contribution in [-0.4, -0.2) is 36.5 Å². The Kier molecular flexibility index (Phi) is 6.19. The second kappa shape index (κ2) is 9.42. The first-order chi connectivity index (χ1) is 16.5. The Morgan fingerprint density at radius 1 is 0.912 bits per heavy atom. The van der Waals surface area contributed by atoms with Crippen molar-refractivity contribution < 1.29 is 13.2 Å². The van der Waals surface area contributed by atoms with Crippen molar-refractivity contribution >= 4 is 27.5 Å². The molecule has 0 saturated heterocycles. The number of carbonyl (C=O) groups is 1. The number of hydrogen-bond acceptors (Lipinski definition) is 5. The van der Waals surface area contributed by atoms with Crippen molar-refractivity contribution in [3.05, 3.63) is 71.5 Å². The summed E-state index contributed by atoms with van der Waals surface area (Å²) < 4.78 is 30.3. The number of nitrogens with zero attached hydrogens (tertiary/aromatic N) is 3. The molecule has 2 heterocycles. The van der Waals surface area contributed by atoms with Crippen molar-refractivity contribution in [2.45, 2.75) is 49.8 Å². The number of para-hydroxylation sites is 1. The molecule has 0 fully saturated rings. The number of aromatic nitrogens is 2. The van der Waals surface area contributed by atoms with Crippen LogP contribution >= 0.6 is 0 Å². The zero-order chi connectivity index (χ0) is 23.5. The van der Waals surface area contributed by atoms with Crippen LogP contribution in [0.5, 0.6) is 0 Å². The highest BCUT2D eigenvalue weighted by Crippen LogP contribution is 2.28. The van der Waals surface area contributed by atoms with Gasteiger partial charge in [-0.3, -0.25) is 14.5 Å². The maximum Gasteiger partial charge on any atom is 0.276 e. The Bertz CT molecular complexity index is 1350. The third kappa shape index (κ3) is 4.61. The first kappa shape index (κ1) is 22.3. The largest absolute Gasteiger partial charge is 0.321 e. The van der Waals surface area contributed by atoms with Gasteiger partial charge in [0.2, 0.25) is 0 Å². The fourth-order valence-corrected chi connectivity index (χ4v) is 5.64. The minimum Gasteiger partial charge on any atom is -0.321 e. The standard InChI is InChI=1S/C25H27N5O3S/c31-25(24-21-13-8-14-22(21)30(28-24)19-10-3-1-4-11-19)27-18-9-7-12-20(17-18)34(32,33)29-23-15-5-2-6-16-26-23/h1,3-4,7,9-12,17H,2,5-6,8,13-16H2,(H,26,29)(H,27,31). The summed E-state index contributed by atoms with van der Waals surface area (Å²) in [7, 11) is -3.79. The lowest BCUT2D eigenvalue weighted by molar-refractivity contribution is 0.102. The molecule has 1 aliphatic carbocycles. The van der Waals surface area contributed by atoms with Gasteiger partial charge in [0.15, 0.2) is 5.69 Å². The molecule has 176 valence electrons. The van der Waals surface area contributed by atoms with Gasteiger partial charge in [-0.2, -0.15) is 5.10 Å². The molecule has 2 aliphatic rings. The molecule has 0 atom stereocenters. The van der Waals surface area contributed by atoms with Gasteiger partial charge in [-0.25, -0.2) is 13.1 Å². The molecular formula is C25H27N5O3S. The molecule has 1 amide bonds. The molecule has 5 rings (SSSR count). The van der Waals surface area contributed by atoms with Crippen LogP contribution in [0, 0.1) is 0 Å². The van der Waals surface area contributed by atoms with Gasteiger partial charge >= 0.3 is 0 Å². The van der Waals surface area contributed by atoms with E-state index in [9.17, 15) is 13.2 Å². The summed E-state index contributed by atoms with van der Waals surface area (Å²) in [5.41, 5.74) is 3.71. The molecule has 1 aliphatic heterocycles. The minimum absolute atomic E-state index is 0.0808. The fraction of sp³-hybridized carbons (Fsp3) is 0.320. The number of anilines is 1.